The second-order valence-corrected chi connectivity index (χ2v) is 15.2. The molecule has 2 fully saturated rings. The molecule has 0 spiro atoms. The third-order valence-corrected chi connectivity index (χ3v) is 11.1. The number of nitrogens with two attached hydrogens (primary N) is 2. The summed E-state index contributed by atoms with van der Waals surface area (Å²) in [6.45, 7) is 6.86. The van der Waals surface area contributed by atoms with Gasteiger partial charge in [-0.15, -0.1) is 0 Å². The SMILES string of the molecule is C=CC(=O)N1CCCC(c2nn(-c3ccc(Oc4ccccc4)cc3)c3c(N)ncnc23)C1.Nc1ncnc2c(C3CCCNC3)nn(-c3ccc(Oc4ccccc4)cc3)c12. The molecule has 6 heterocycles. The number of aromatic nitrogens is 8. The average Bonchev–Trinajstić information content (AvgIpc) is 3.92. The zero-order valence-electron chi connectivity index (χ0n) is 34.0. The van der Waals surface area contributed by atoms with E-state index < -0.39 is 0 Å². The van der Waals surface area contributed by atoms with Gasteiger partial charge in [0.15, 0.2) is 11.6 Å². The number of nitrogens with one attached hydrogen (secondary N) is 1. The van der Waals surface area contributed by atoms with E-state index in [1.54, 1.807) is 4.68 Å². The van der Waals surface area contributed by atoms with Crippen molar-refractivity contribution in [2.24, 2.45) is 0 Å². The summed E-state index contributed by atoms with van der Waals surface area (Å²) >= 11 is 0. The first-order chi connectivity index (χ1) is 30.4. The van der Waals surface area contributed by atoms with Crippen molar-refractivity contribution in [3.63, 3.8) is 0 Å². The topological polar surface area (TPSA) is 190 Å². The van der Waals surface area contributed by atoms with Gasteiger partial charge in [0.1, 0.15) is 57.7 Å². The first-order valence-electron chi connectivity index (χ1n) is 20.7. The molecule has 0 radical (unpaired) electrons. The number of likely N-dealkylation sites (tertiary alicyclic amines) is 1. The molecule has 5 N–H and O–H groups in total. The Labute approximate surface area is 358 Å². The molecule has 312 valence electrons. The van der Waals surface area contributed by atoms with Crippen LogP contribution in [0.15, 0.2) is 135 Å². The van der Waals surface area contributed by atoms with Gasteiger partial charge in [0.25, 0.3) is 0 Å². The number of para-hydroxylation sites is 2. The summed E-state index contributed by atoms with van der Waals surface area (Å²) in [6, 6.07) is 34.8. The maximum atomic E-state index is 12.2. The minimum Gasteiger partial charge on any atom is -0.457 e. The minimum atomic E-state index is -0.0633. The van der Waals surface area contributed by atoms with Crippen LogP contribution >= 0.6 is 0 Å². The fourth-order valence-electron chi connectivity index (χ4n) is 8.09. The van der Waals surface area contributed by atoms with Crippen molar-refractivity contribution in [1.29, 1.82) is 0 Å². The molecule has 10 rings (SSSR count). The molecular formula is C47H46N12O3. The van der Waals surface area contributed by atoms with Gasteiger partial charge in [-0.25, -0.2) is 29.3 Å². The first kappa shape index (κ1) is 39.8. The van der Waals surface area contributed by atoms with Crippen LogP contribution < -0.4 is 26.3 Å². The predicted octanol–water partition coefficient (Wildman–Crippen LogP) is 7.74. The molecule has 1 amide bonds. The van der Waals surface area contributed by atoms with Crippen molar-refractivity contribution in [1.82, 2.24) is 49.7 Å². The summed E-state index contributed by atoms with van der Waals surface area (Å²) in [6.07, 6.45) is 8.36. The lowest BCUT2D eigenvalue weighted by atomic mass is 9.94. The van der Waals surface area contributed by atoms with Crippen molar-refractivity contribution in [2.45, 2.75) is 37.5 Å². The zero-order chi connectivity index (χ0) is 42.4. The summed E-state index contributed by atoms with van der Waals surface area (Å²) in [7, 11) is 0. The molecule has 8 aromatic rings. The van der Waals surface area contributed by atoms with Crippen molar-refractivity contribution < 1.29 is 14.3 Å². The normalized spacial score (nSPS) is 16.4. The van der Waals surface area contributed by atoms with Crippen LogP contribution in [0, 0.1) is 0 Å². The molecule has 4 aromatic carbocycles. The molecule has 0 bridgehead atoms. The fraction of sp³-hybridized carbons (Fsp3) is 0.213. The smallest absolute Gasteiger partial charge is 0.245 e. The molecule has 2 aliphatic rings. The van der Waals surface area contributed by atoms with Gasteiger partial charge in [-0.3, -0.25) is 4.79 Å². The molecule has 2 aliphatic heterocycles. The van der Waals surface area contributed by atoms with Gasteiger partial charge >= 0.3 is 0 Å². The van der Waals surface area contributed by atoms with Crippen LogP contribution in [0.4, 0.5) is 11.6 Å². The summed E-state index contributed by atoms with van der Waals surface area (Å²) in [5.74, 6) is 4.16. The fourth-order valence-corrected chi connectivity index (χ4v) is 8.09. The molecule has 15 heteroatoms. The number of nitrogens with zero attached hydrogens (tertiary/aromatic N) is 9. The van der Waals surface area contributed by atoms with Gasteiger partial charge in [-0.05, 0) is 111 Å². The Hall–Kier alpha value is -7.65. The molecule has 0 saturated carbocycles. The van der Waals surface area contributed by atoms with Gasteiger partial charge in [0, 0.05) is 31.5 Å². The zero-order valence-corrected chi connectivity index (χ0v) is 34.0. The van der Waals surface area contributed by atoms with Crippen molar-refractivity contribution in [3.05, 3.63) is 146 Å². The highest BCUT2D eigenvalue weighted by atomic mass is 16.5. The van der Waals surface area contributed by atoms with Crippen LogP contribution in [-0.4, -0.2) is 76.5 Å². The molecule has 2 unspecified atom stereocenters. The monoisotopic (exact) mass is 826 g/mol. The standard InChI is InChI=1S/C25H24N6O2.C22H22N6O/c1-2-21(32)30-14-6-7-17(15-30)22-23-24(25(26)28-16-27-23)31(29-22)18-10-12-20(13-11-18)33-19-8-4-3-5-9-19;23-22-21-20(25-14-26-22)19(15-5-4-12-24-13-15)27-28(21)16-8-10-18(11-9-16)29-17-6-2-1-3-7-17/h2-5,8-13,16-17H,1,6-7,14-15H2,(H2,26,27,28);1-3,6-11,14-15,24H,4-5,12-13H2,(H2,23,25,26). The van der Waals surface area contributed by atoms with Crippen LogP contribution in [0.2, 0.25) is 0 Å². The number of rotatable bonds is 9. The molecule has 2 atom stereocenters. The second-order valence-electron chi connectivity index (χ2n) is 15.2. The number of amides is 1. The van der Waals surface area contributed by atoms with Crippen LogP contribution in [0.1, 0.15) is 48.9 Å². The van der Waals surface area contributed by atoms with Gasteiger partial charge in [0.05, 0.1) is 22.8 Å². The average molecular weight is 827 g/mol. The number of carbonyl (C=O) groups excluding carboxylic acids is 1. The summed E-state index contributed by atoms with van der Waals surface area (Å²) in [5.41, 5.74) is 18.9. The highest BCUT2D eigenvalue weighted by molar-refractivity contribution is 5.90. The van der Waals surface area contributed by atoms with Crippen LogP contribution in [0.5, 0.6) is 23.0 Å². The largest absolute Gasteiger partial charge is 0.457 e. The summed E-state index contributed by atoms with van der Waals surface area (Å²) in [5, 5.41) is 13.3. The highest BCUT2D eigenvalue weighted by Gasteiger charge is 2.29. The number of ether oxygens (including phenoxy) is 2. The third-order valence-electron chi connectivity index (χ3n) is 11.1. The minimum absolute atomic E-state index is 0.0568. The van der Waals surface area contributed by atoms with Gasteiger partial charge in [0.2, 0.25) is 5.91 Å². The number of anilines is 2. The Morgan fingerprint density at radius 2 is 1.13 bits per heavy atom. The number of fused-ring (bicyclic) bond motifs is 2. The second kappa shape index (κ2) is 17.9. The molecule has 15 nitrogen and oxygen atoms in total. The maximum absolute atomic E-state index is 12.2. The quantitative estimate of drug-likeness (QED) is 0.120. The lowest BCUT2D eigenvalue weighted by Gasteiger charge is -2.31. The number of hydrogen-bond donors (Lipinski definition) is 3. The van der Waals surface area contributed by atoms with Gasteiger partial charge in [-0.1, -0.05) is 43.0 Å². The van der Waals surface area contributed by atoms with E-state index in [0.717, 1.165) is 102 Å². The number of nitrogen functional groups attached to an aromatic ring is 2. The number of carbonyl (C=O) groups is 1. The molecule has 62 heavy (non-hydrogen) atoms. The van der Waals surface area contributed by atoms with Gasteiger partial charge < -0.3 is 31.2 Å². The summed E-state index contributed by atoms with van der Waals surface area (Å²) < 4.78 is 15.4. The number of hydrogen-bond acceptors (Lipinski definition) is 12. The van der Waals surface area contributed by atoms with Crippen molar-refractivity contribution in [2.75, 3.05) is 37.6 Å². The van der Waals surface area contributed by atoms with E-state index in [2.05, 4.69) is 31.8 Å². The molecular weight excluding hydrogens is 781 g/mol. The number of benzene rings is 4. The third kappa shape index (κ3) is 8.38. The maximum Gasteiger partial charge on any atom is 0.245 e. The van der Waals surface area contributed by atoms with Gasteiger partial charge in [-0.2, -0.15) is 10.2 Å². The van der Waals surface area contributed by atoms with Crippen molar-refractivity contribution >= 4 is 39.6 Å². The van der Waals surface area contributed by atoms with E-state index >= 15 is 0 Å². The van der Waals surface area contributed by atoms with E-state index in [-0.39, 0.29) is 11.8 Å². The first-order valence-corrected chi connectivity index (χ1v) is 20.7. The van der Waals surface area contributed by atoms with E-state index in [9.17, 15) is 4.79 Å². The predicted molar refractivity (Wildman–Crippen MR) is 239 cm³/mol. The van der Waals surface area contributed by atoms with Crippen LogP contribution in [-0.2, 0) is 4.79 Å². The van der Waals surface area contributed by atoms with Crippen LogP contribution in [0.3, 0.4) is 0 Å². The Morgan fingerprint density at radius 3 is 1.61 bits per heavy atom. The Bertz CT molecular complexity index is 2800. The Kier molecular flexibility index (Phi) is 11.5. The summed E-state index contributed by atoms with van der Waals surface area (Å²) in [4.78, 5) is 31.4. The lowest BCUT2D eigenvalue weighted by Crippen LogP contribution is -2.38. The molecule has 4 aromatic heterocycles. The lowest BCUT2D eigenvalue weighted by molar-refractivity contribution is -0.127. The van der Waals surface area contributed by atoms with E-state index in [4.69, 9.17) is 31.1 Å². The Balaban J connectivity index is 0.000000159. The highest BCUT2D eigenvalue weighted by Crippen LogP contribution is 2.35. The molecule has 0 aliphatic carbocycles. The van der Waals surface area contributed by atoms with E-state index in [1.165, 1.54) is 18.7 Å². The van der Waals surface area contributed by atoms with Crippen molar-refractivity contribution in [3.8, 4) is 34.4 Å². The van der Waals surface area contributed by atoms with E-state index in [1.807, 2.05) is 119 Å². The number of piperidine rings is 2. The Morgan fingerprint density at radius 1 is 0.645 bits per heavy atom. The van der Waals surface area contributed by atoms with E-state index in [0.29, 0.717) is 35.1 Å². The van der Waals surface area contributed by atoms with Crippen LogP contribution in [0.25, 0.3) is 33.4 Å². The molecule has 2 saturated heterocycles.